The fraction of sp³-hybridized carbons (Fsp3) is 0.357. The van der Waals surface area contributed by atoms with Gasteiger partial charge in [-0.25, -0.2) is 4.52 Å². The van der Waals surface area contributed by atoms with Crippen LogP contribution in [0.5, 0.6) is 0 Å². The highest BCUT2D eigenvalue weighted by Gasteiger charge is 2.22. The molecule has 20 heavy (non-hydrogen) atoms. The van der Waals surface area contributed by atoms with Gasteiger partial charge in [0.1, 0.15) is 6.54 Å². The van der Waals surface area contributed by atoms with Crippen LogP contribution in [0.15, 0.2) is 30.6 Å². The molecule has 1 N–H and O–H groups in total. The average molecular weight is 275 g/mol. The molecule has 0 radical (unpaired) electrons. The first kappa shape index (κ1) is 14.0. The molecule has 1 amide bonds. The van der Waals surface area contributed by atoms with Crippen molar-refractivity contribution in [3.05, 3.63) is 36.2 Å². The van der Waals surface area contributed by atoms with Gasteiger partial charge in [0, 0.05) is 12.7 Å². The van der Waals surface area contributed by atoms with E-state index >= 15 is 0 Å². The first-order valence-electron chi connectivity index (χ1n) is 6.42. The molecule has 0 saturated carbocycles. The monoisotopic (exact) mass is 275 g/mol. The Morgan fingerprint density at radius 2 is 2.15 bits per heavy atom. The van der Waals surface area contributed by atoms with E-state index in [4.69, 9.17) is 5.11 Å². The van der Waals surface area contributed by atoms with E-state index in [1.54, 1.807) is 16.8 Å². The number of carboxylic acids is 1. The van der Waals surface area contributed by atoms with Crippen LogP contribution in [0.3, 0.4) is 0 Å². The summed E-state index contributed by atoms with van der Waals surface area (Å²) in [4.78, 5) is 24.8. The van der Waals surface area contributed by atoms with E-state index in [0.29, 0.717) is 17.6 Å². The van der Waals surface area contributed by atoms with Crippen molar-refractivity contribution in [3.8, 4) is 0 Å². The van der Waals surface area contributed by atoms with Crippen LogP contribution in [0, 0.1) is 5.92 Å². The lowest BCUT2D eigenvalue weighted by Crippen LogP contribution is -2.38. The van der Waals surface area contributed by atoms with Gasteiger partial charge in [0.05, 0.1) is 17.3 Å². The maximum Gasteiger partial charge on any atom is 0.323 e. The lowest BCUT2D eigenvalue weighted by atomic mass is 10.1. The molecule has 0 fully saturated rings. The van der Waals surface area contributed by atoms with Crippen molar-refractivity contribution < 1.29 is 14.7 Å². The third-order valence-corrected chi connectivity index (χ3v) is 2.86. The third-order valence-electron chi connectivity index (χ3n) is 2.86. The topological polar surface area (TPSA) is 74.9 Å². The Bertz CT molecular complexity index is 633. The van der Waals surface area contributed by atoms with Crippen LogP contribution < -0.4 is 0 Å². The van der Waals surface area contributed by atoms with E-state index in [0.717, 1.165) is 0 Å². The molecule has 0 aromatic carbocycles. The van der Waals surface area contributed by atoms with Gasteiger partial charge >= 0.3 is 5.97 Å². The molecule has 6 heteroatoms. The fourth-order valence-corrected chi connectivity index (χ4v) is 2.09. The second-order valence-corrected chi connectivity index (χ2v) is 5.06. The van der Waals surface area contributed by atoms with Crippen molar-refractivity contribution >= 4 is 17.4 Å². The van der Waals surface area contributed by atoms with Crippen LogP contribution in [0.1, 0.15) is 24.2 Å². The number of aliphatic carboxylic acids is 1. The number of carbonyl (C=O) groups is 2. The number of amides is 1. The standard InChI is InChI=1S/C14H17N3O3/c1-10(2)8-16(9-13(18)19)14(20)11-7-15-17-6-4-3-5-12(11)17/h3-7,10H,8-9H2,1-2H3,(H,18,19). The molecule has 2 heterocycles. The van der Waals surface area contributed by atoms with Crippen LogP contribution in [0.25, 0.3) is 5.52 Å². The van der Waals surface area contributed by atoms with E-state index < -0.39 is 5.97 Å². The number of rotatable bonds is 5. The minimum absolute atomic E-state index is 0.195. The van der Waals surface area contributed by atoms with Gasteiger partial charge in [0.15, 0.2) is 0 Å². The Hall–Kier alpha value is -2.37. The maximum atomic E-state index is 12.5. The maximum absolute atomic E-state index is 12.5. The SMILES string of the molecule is CC(C)CN(CC(=O)O)C(=O)c1cnn2ccccc12. The number of fused-ring (bicyclic) bond motifs is 1. The second-order valence-electron chi connectivity index (χ2n) is 5.06. The summed E-state index contributed by atoms with van der Waals surface area (Å²) in [5.41, 5.74) is 1.10. The first-order chi connectivity index (χ1) is 9.49. The second kappa shape index (κ2) is 5.73. The molecule has 0 bridgehead atoms. The lowest BCUT2D eigenvalue weighted by molar-refractivity contribution is -0.137. The summed E-state index contributed by atoms with van der Waals surface area (Å²) in [6, 6.07) is 5.42. The molecule has 106 valence electrons. The normalized spacial score (nSPS) is 10.9. The molecule has 2 aromatic heterocycles. The van der Waals surface area contributed by atoms with Gasteiger partial charge in [-0.15, -0.1) is 0 Å². The minimum Gasteiger partial charge on any atom is -0.480 e. The van der Waals surface area contributed by atoms with Crippen molar-refractivity contribution in [1.29, 1.82) is 0 Å². The fourth-order valence-electron chi connectivity index (χ4n) is 2.09. The molecule has 0 aliphatic heterocycles. The highest BCUT2D eigenvalue weighted by atomic mass is 16.4. The lowest BCUT2D eigenvalue weighted by Gasteiger charge is -2.22. The summed E-state index contributed by atoms with van der Waals surface area (Å²) in [5, 5.41) is 13.0. The zero-order valence-corrected chi connectivity index (χ0v) is 11.5. The van der Waals surface area contributed by atoms with Crippen LogP contribution in [0.4, 0.5) is 0 Å². The van der Waals surface area contributed by atoms with Crippen LogP contribution >= 0.6 is 0 Å². The van der Waals surface area contributed by atoms with Crippen LogP contribution in [-0.4, -0.2) is 44.6 Å². The Morgan fingerprint density at radius 3 is 2.80 bits per heavy atom. The van der Waals surface area contributed by atoms with Crippen LogP contribution in [0.2, 0.25) is 0 Å². The number of aromatic nitrogens is 2. The average Bonchev–Trinajstić information content (AvgIpc) is 2.79. The highest BCUT2D eigenvalue weighted by molar-refractivity contribution is 6.01. The van der Waals surface area contributed by atoms with Gasteiger partial charge in [-0.05, 0) is 18.1 Å². The van der Waals surface area contributed by atoms with Crippen molar-refractivity contribution in [2.45, 2.75) is 13.8 Å². The van der Waals surface area contributed by atoms with E-state index in [-0.39, 0.29) is 18.4 Å². The Kier molecular flexibility index (Phi) is 4.02. The summed E-state index contributed by atoms with van der Waals surface area (Å²) < 4.78 is 1.60. The Labute approximate surface area is 116 Å². The van der Waals surface area contributed by atoms with Crippen molar-refractivity contribution in [2.75, 3.05) is 13.1 Å². The van der Waals surface area contributed by atoms with E-state index in [1.165, 1.54) is 11.1 Å². The molecular weight excluding hydrogens is 258 g/mol. The number of nitrogens with zero attached hydrogens (tertiary/aromatic N) is 3. The number of carboxylic acid groups (broad SMARTS) is 1. The summed E-state index contributed by atoms with van der Waals surface area (Å²) in [6.07, 6.45) is 3.23. The number of pyridine rings is 1. The van der Waals surface area contributed by atoms with E-state index in [9.17, 15) is 9.59 Å². The van der Waals surface area contributed by atoms with Crippen molar-refractivity contribution in [1.82, 2.24) is 14.5 Å². The molecule has 0 aliphatic carbocycles. The largest absolute Gasteiger partial charge is 0.480 e. The first-order valence-corrected chi connectivity index (χ1v) is 6.42. The number of carbonyl (C=O) groups excluding carboxylic acids is 1. The summed E-state index contributed by atoms with van der Waals surface area (Å²) in [5.74, 6) is -1.13. The molecule has 2 aromatic rings. The van der Waals surface area contributed by atoms with Gasteiger partial charge in [-0.3, -0.25) is 9.59 Å². The predicted octanol–water partition coefficient (Wildman–Crippen LogP) is 1.52. The predicted molar refractivity (Wildman–Crippen MR) is 73.6 cm³/mol. The van der Waals surface area contributed by atoms with Gasteiger partial charge < -0.3 is 10.0 Å². The summed E-state index contributed by atoms with van der Waals surface area (Å²) >= 11 is 0. The number of hydrogen-bond acceptors (Lipinski definition) is 3. The Balaban J connectivity index is 2.33. The zero-order valence-electron chi connectivity index (χ0n) is 11.5. The smallest absolute Gasteiger partial charge is 0.323 e. The third kappa shape index (κ3) is 2.96. The summed E-state index contributed by atoms with van der Waals surface area (Å²) in [7, 11) is 0. The molecule has 0 aliphatic rings. The van der Waals surface area contributed by atoms with Gasteiger partial charge in [0.25, 0.3) is 5.91 Å². The van der Waals surface area contributed by atoms with Gasteiger partial charge in [-0.1, -0.05) is 19.9 Å². The number of hydrogen-bond donors (Lipinski definition) is 1. The highest BCUT2D eigenvalue weighted by Crippen LogP contribution is 2.14. The molecule has 6 nitrogen and oxygen atoms in total. The molecule has 2 rings (SSSR count). The quantitative estimate of drug-likeness (QED) is 0.897. The molecule has 0 saturated heterocycles. The zero-order chi connectivity index (χ0) is 14.7. The van der Waals surface area contributed by atoms with E-state index in [2.05, 4.69) is 5.10 Å². The van der Waals surface area contributed by atoms with Crippen molar-refractivity contribution in [2.24, 2.45) is 5.92 Å². The summed E-state index contributed by atoms with van der Waals surface area (Å²) in [6.45, 7) is 3.98. The van der Waals surface area contributed by atoms with Crippen LogP contribution in [-0.2, 0) is 4.79 Å². The van der Waals surface area contributed by atoms with Gasteiger partial charge in [-0.2, -0.15) is 5.10 Å². The van der Waals surface area contributed by atoms with E-state index in [1.807, 2.05) is 26.0 Å². The molecule has 0 atom stereocenters. The minimum atomic E-state index is -1.02. The molecule has 0 spiro atoms. The Morgan fingerprint density at radius 1 is 1.40 bits per heavy atom. The molecule has 0 unspecified atom stereocenters. The van der Waals surface area contributed by atoms with Gasteiger partial charge in [0.2, 0.25) is 0 Å². The molecular formula is C14H17N3O3. The van der Waals surface area contributed by atoms with Crippen molar-refractivity contribution in [3.63, 3.8) is 0 Å².